The van der Waals surface area contributed by atoms with E-state index < -0.39 is 0 Å². The van der Waals surface area contributed by atoms with Gasteiger partial charge in [0.25, 0.3) is 11.8 Å². The van der Waals surface area contributed by atoms with E-state index in [4.69, 9.17) is 39.8 Å². The van der Waals surface area contributed by atoms with Crippen LogP contribution in [0.15, 0.2) is 54.0 Å². The molecule has 0 saturated carbocycles. The van der Waals surface area contributed by atoms with Crippen molar-refractivity contribution < 1.29 is 9.59 Å². The molecule has 1 fully saturated rings. The third kappa shape index (κ3) is 5.11. The molecule has 3 heterocycles. The van der Waals surface area contributed by atoms with Crippen molar-refractivity contribution in [2.24, 2.45) is 0 Å². The number of rotatable bonds is 4. The molecule has 0 N–H and O–H groups in total. The number of nitrogens with zero attached hydrogens (tertiary/aromatic N) is 5. The molecule has 0 spiro atoms. The predicted molar refractivity (Wildman–Crippen MR) is 147 cm³/mol. The van der Waals surface area contributed by atoms with E-state index in [0.29, 0.717) is 56.7 Å². The fraction of sp³-hybridized carbons (Fsp3) is 0.231. The van der Waals surface area contributed by atoms with Gasteiger partial charge in [-0.25, -0.2) is 9.67 Å². The minimum absolute atomic E-state index is 0.123. The number of benzene rings is 2. The molecule has 0 bridgehead atoms. The molecule has 7 nitrogen and oxygen atoms in total. The fourth-order valence-electron chi connectivity index (χ4n) is 4.36. The summed E-state index contributed by atoms with van der Waals surface area (Å²) in [7, 11) is 0. The molecule has 0 aliphatic carbocycles. The van der Waals surface area contributed by atoms with E-state index in [1.807, 2.05) is 43.5 Å². The summed E-state index contributed by atoms with van der Waals surface area (Å²) in [4.78, 5) is 34.7. The Hall–Kier alpha value is -2.91. The van der Waals surface area contributed by atoms with Gasteiger partial charge in [0.1, 0.15) is 0 Å². The lowest BCUT2D eigenvalue weighted by Gasteiger charge is -2.40. The number of carbonyl (C=O) groups excluding carboxylic acids is 2. The first-order chi connectivity index (χ1) is 17.7. The SMILES string of the molecule is Cc1c(C(=O)N2CCN(C(=O)c3ccc(Cl)cc3Cl)C(C)C2)cnn1-c1nc(-c2ccc(Cl)cc2)cs1. The molecule has 4 aromatic rings. The minimum Gasteiger partial charge on any atom is -0.335 e. The van der Waals surface area contributed by atoms with Crippen molar-refractivity contribution in [1.82, 2.24) is 24.6 Å². The quantitative estimate of drug-likeness (QED) is 0.289. The lowest BCUT2D eigenvalue weighted by Crippen LogP contribution is -2.55. The van der Waals surface area contributed by atoms with Crippen LogP contribution < -0.4 is 0 Å². The predicted octanol–water partition coefficient (Wildman–Crippen LogP) is 6.25. The average molecular weight is 575 g/mol. The van der Waals surface area contributed by atoms with E-state index >= 15 is 0 Å². The van der Waals surface area contributed by atoms with Gasteiger partial charge in [-0.3, -0.25) is 9.59 Å². The first-order valence-corrected chi connectivity index (χ1v) is 13.6. The Morgan fingerprint density at radius 1 is 0.973 bits per heavy atom. The first kappa shape index (κ1) is 25.7. The third-order valence-electron chi connectivity index (χ3n) is 6.39. The van der Waals surface area contributed by atoms with Crippen LogP contribution in [0.3, 0.4) is 0 Å². The standard InChI is InChI=1S/C26H22Cl3N5O2S/c1-15-13-32(9-10-33(15)25(36)20-8-7-19(28)11-22(20)29)24(35)21-12-30-34(16(21)2)26-31-23(14-37-26)17-3-5-18(27)6-4-17/h3-8,11-12,14-15H,9-10,13H2,1-2H3. The van der Waals surface area contributed by atoms with Crippen LogP contribution in [-0.4, -0.2) is 62.1 Å². The topological polar surface area (TPSA) is 71.3 Å². The van der Waals surface area contributed by atoms with E-state index in [1.165, 1.54) is 11.3 Å². The second-order valence-electron chi connectivity index (χ2n) is 8.80. The molecule has 2 aromatic heterocycles. The van der Waals surface area contributed by atoms with Gasteiger partial charge in [-0.2, -0.15) is 5.10 Å². The van der Waals surface area contributed by atoms with Gasteiger partial charge >= 0.3 is 0 Å². The molecule has 1 saturated heterocycles. The zero-order valence-electron chi connectivity index (χ0n) is 20.0. The lowest BCUT2D eigenvalue weighted by atomic mass is 10.1. The maximum absolute atomic E-state index is 13.4. The van der Waals surface area contributed by atoms with E-state index in [-0.39, 0.29) is 17.9 Å². The number of aromatic nitrogens is 3. The maximum Gasteiger partial charge on any atom is 0.257 e. The molecule has 37 heavy (non-hydrogen) atoms. The van der Waals surface area contributed by atoms with Crippen LogP contribution in [0.1, 0.15) is 33.3 Å². The van der Waals surface area contributed by atoms with Gasteiger partial charge in [0.05, 0.1) is 33.7 Å². The van der Waals surface area contributed by atoms with Gasteiger partial charge in [-0.15, -0.1) is 11.3 Å². The van der Waals surface area contributed by atoms with Crippen molar-refractivity contribution in [3.63, 3.8) is 0 Å². The Kier molecular flexibility index (Phi) is 7.27. The molecule has 1 unspecified atom stereocenters. The molecule has 190 valence electrons. The number of hydrogen-bond donors (Lipinski definition) is 0. The summed E-state index contributed by atoms with van der Waals surface area (Å²) in [5, 5.41) is 8.52. The number of carbonyl (C=O) groups is 2. The van der Waals surface area contributed by atoms with Crippen molar-refractivity contribution in [2.45, 2.75) is 19.9 Å². The Balaban J connectivity index is 1.29. The summed E-state index contributed by atoms with van der Waals surface area (Å²) in [5.74, 6) is -0.299. The highest BCUT2D eigenvalue weighted by atomic mass is 35.5. The number of hydrogen-bond acceptors (Lipinski definition) is 5. The first-order valence-electron chi connectivity index (χ1n) is 11.5. The number of halogens is 3. The van der Waals surface area contributed by atoms with Gasteiger partial charge in [0, 0.05) is 46.7 Å². The largest absolute Gasteiger partial charge is 0.335 e. The van der Waals surface area contributed by atoms with Crippen LogP contribution in [0.4, 0.5) is 0 Å². The molecule has 1 aliphatic rings. The van der Waals surface area contributed by atoms with Crippen molar-refractivity contribution in [3.8, 4) is 16.4 Å². The normalized spacial score (nSPS) is 15.8. The van der Waals surface area contributed by atoms with Crippen LogP contribution in [-0.2, 0) is 0 Å². The third-order valence-corrected chi connectivity index (χ3v) is 8.01. The number of amides is 2. The number of piperazine rings is 1. The zero-order valence-corrected chi connectivity index (χ0v) is 23.1. The van der Waals surface area contributed by atoms with Crippen molar-refractivity contribution >= 4 is 58.0 Å². The highest BCUT2D eigenvalue weighted by Gasteiger charge is 2.32. The van der Waals surface area contributed by atoms with Crippen LogP contribution in [0, 0.1) is 6.92 Å². The Labute approximate surface area is 233 Å². The Bertz CT molecular complexity index is 1480. The molecular weight excluding hydrogens is 553 g/mol. The van der Waals surface area contributed by atoms with Gasteiger partial charge in [-0.05, 0) is 44.2 Å². The lowest BCUT2D eigenvalue weighted by molar-refractivity contribution is 0.0414. The van der Waals surface area contributed by atoms with E-state index in [1.54, 1.807) is 38.9 Å². The Morgan fingerprint density at radius 3 is 2.41 bits per heavy atom. The monoisotopic (exact) mass is 573 g/mol. The summed E-state index contributed by atoms with van der Waals surface area (Å²) in [5.41, 5.74) is 3.39. The fourth-order valence-corrected chi connectivity index (χ4v) is 5.82. The van der Waals surface area contributed by atoms with Gasteiger partial charge in [0.15, 0.2) is 0 Å². The minimum atomic E-state index is -0.187. The second-order valence-corrected chi connectivity index (χ2v) is 10.9. The molecule has 2 amide bonds. The van der Waals surface area contributed by atoms with Crippen molar-refractivity contribution in [1.29, 1.82) is 0 Å². The molecule has 5 rings (SSSR count). The second kappa shape index (κ2) is 10.5. The molecule has 0 radical (unpaired) electrons. The van der Waals surface area contributed by atoms with E-state index in [0.717, 1.165) is 11.3 Å². The molecular formula is C26H22Cl3N5O2S. The van der Waals surface area contributed by atoms with Gasteiger partial charge < -0.3 is 9.80 Å². The van der Waals surface area contributed by atoms with Gasteiger partial charge in [0.2, 0.25) is 5.13 Å². The van der Waals surface area contributed by atoms with E-state index in [9.17, 15) is 9.59 Å². The molecule has 1 atom stereocenters. The van der Waals surface area contributed by atoms with E-state index in [2.05, 4.69) is 5.10 Å². The highest BCUT2D eigenvalue weighted by Crippen LogP contribution is 2.28. The van der Waals surface area contributed by atoms with Gasteiger partial charge in [-0.1, -0.05) is 46.9 Å². The molecule has 2 aromatic carbocycles. The summed E-state index contributed by atoms with van der Waals surface area (Å²) in [6, 6.07) is 12.1. The zero-order chi connectivity index (χ0) is 26.3. The highest BCUT2D eigenvalue weighted by molar-refractivity contribution is 7.12. The van der Waals surface area contributed by atoms with Crippen molar-refractivity contribution in [3.05, 3.63) is 85.9 Å². The van der Waals surface area contributed by atoms with Crippen LogP contribution in [0.2, 0.25) is 15.1 Å². The van der Waals surface area contributed by atoms with Crippen LogP contribution in [0.25, 0.3) is 16.4 Å². The summed E-state index contributed by atoms with van der Waals surface area (Å²) in [6.45, 7) is 4.98. The Morgan fingerprint density at radius 2 is 1.70 bits per heavy atom. The molecule has 1 aliphatic heterocycles. The summed E-state index contributed by atoms with van der Waals surface area (Å²) < 4.78 is 1.68. The number of thiazole rings is 1. The summed E-state index contributed by atoms with van der Waals surface area (Å²) >= 11 is 19.7. The van der Waals surface area contributed by atoms with Crippen molar-refractivity contribution in [2.75, 3.05) is 19.6 Å². The smallest absolute Gasteiger partial charge is 0.257 e. The van der Waals surface area contributed by atoms with Crippen LogP contribution in [0.5, 0.6) is 0 Å². The van der Waals surface area contributed by atoms with Crippen LogP contribution >= 0.6 is 46.1 Å². The maximum atomic E-state index is 13.4. The average Bonchev–Trinajstić information content (AvgIpc) is 3.50. The molecule has 11 heteroatoms. The summed E-state index contributed by atoms with van der Waals surface area (Å²) in [6.07, 6.45) is 1.58.